The van der Waals surface area contributed by atoms with Gasteiger partial charge < -0.3 is 15.1 Å². The molecule has 124 valence electrons. The van der Waals surface area contributed by atoms with E-state index in [0.717, 1.165) is 19.4 Å². The number of hydrogen-bond acceptors (Lipinski definition) is 4. The third kappa shape index (κ3) is 5.99. The summed E-state index contributed by atoms with van der Waals surface area (Å²) in [5.41, 5.74) is 0.0472. The molecule has 0 aromatic rings. The molecule has 1 heterocycles. The van der Waals surface area contributed by atoms with E-state index in [1.807, 2.05) is 11.0 Å². The molecule has 1 saturated heterocycles. The number of amides is 2. The highest BCUT2D eigenvalue weighted by Crippen LogP contribution is 2.09. The molecule has 1 rings (SSSR count). The van der Waals surface area contributed by atoms with Crippen LogP contribution in [0, 0.1) is 11.3 Å². The molecule has 0 bridgehead atoms. The van der Waals surface area contributed by atoms with Gasteiger partial charge in [-0.1, -0.05) is 12.2 Å². The minimum atomic E-state index is -0.352. The molecule has 0 radical (unpaired) electrons. The van der Waals surface area contributed by atoms with E-state index in [-0.39, 0.29) is 17.4 Å². The number of rotatable bonds is 10. The van der Waals surface area contributed by atoms with Gasteiger partial charge in [-0.15, -0.1) is 13.2 Å². The maximum absolute atomic E-state index is 12.2. The Balaban J connectivity index is 2.43. The third-order valence-corrected chi connectivity index (χ3v) is 3.50. The first kappa shape index (κ1) is 18.5. The van der Waals surface area contributed by atoms with Crippen molar-refractivity contribution >= 4 is 11.8 Å². The number of hydrogen-bond donors (Lipinski definition) is 1. The van der Waals surface area contributed by atoms with E-state index in [0.29, 0.717) is 32.6 Å². The minimum Gasteiger partial charge on any atom is -0.390 e. The summed E-state index contributed by atoms with van der Waals surface area (Å²) in [7, 11) is 0. The fraction of sp³-hybridized carbons (Fsp3) is 0.471. The monoisotopic (exact) mass is 316 g/mol. The Labute approximate surface area is 137 Å². The van der Waals surface area contributed by atoms with E-state index in [4.69, 9.17) is 5.26 Å². The standard InChI is InChI=1S/C17H24N4O2/c1-3-9-21(10-4-2)17(23)15(13-18)14-19-8-6-12-20-11-5-7-16(20)22/h3-4,14,19H,1-2,5-12H2/b15-14-. The van der Waals surface area contributed by atoms with Gasteiger partial charge in [-0.2, -0.15) is 5.26 Å². The number of carbonyl (C=O) groups excluding carboxylic acids is 2. The first-order valence-electron chi connectivity index (χ1n) is 7.76. The van der Waals surface area contributed by atoms with Gasteiger partial charge in [0, 0.05) is 45.3 Å². The lowest BCUT2D eigenvalue weighted by Crippen LogP contribution is -2.33. The second-order valence-corrected chi connectivity index (χ2v) is 5.25. The van der Waals surface area contributed by atoms with E-state index in [1.165, 1.54) is 11.1 Å². The summed E-state index contributed by atoms with van der Waals surface area (Å²) in [5, 5.41) is 12.1. The van der Waals surface area contributed by atoms with Gasteiger partial charge in [0.05, 0.1) is 0 Å². The van der Waals surface area contributed by atoms with E-state index < -0.39 is 0 Å². The summed E-state index contributed by atoms with van der Waals surface area (Å²) in [5.74, 6) is -0.146. The average molecular weight is 316 g/mol. The van der Waals surface area contributed by atoms with Crippen LogP contribution >= 0.6 is 0 Å². The molecule has 1 fully saturated rings. The summed E-state index contributed by atoms with van der Waals surface area (Å²) < 4.78 is 0. The van der Waals surface area contributed by atoms with Gasteiger partial charge in [0.2, 0.25) is 5.91 Å². The molecule has 6 nitrogen and oxygen atoms in total. The second-order valence-electron chi connectivity index (χ2n) is 5.25. The number of likely N-dealkylation sites (tertiary alicyclic amines) is 1. The molecular formula is C17H24N4O2. The van der Waals surface area contributed by atoms with Crippen molar-refractivity contribution in [1.82, 2.24) is 15.1 Å². The highest BCUT2D eigenvalue weighted by Gasteiger charge is 2.19. The molecule has 6 heteroatoms. The van der Waals surface area contributed by atoms with Gasteiger partial charge in [-0.25, -0.2) is 0 Å². The fourth-order valence-corrected chi connectivity index (χ4v) is 2.35. The van der Waals surface area contributed by atoms with Gasteiger partial charge in [0.25, 0.3) is 5.91 Å². The smallest absolute Gasteiger partial charge is 0.266 e. The molecule has 0 aromatic carbocycles. The van der Waals surface area contributed by atoms with Crippen LogP contribution in [0.25, 0.3) is 0 Å². The second kappa shape index (κ2) is 10.2. The van der Waals surface area contributed by atoms with Crippen molar-refractivity contribution in [2.24, 2.45) is 0 Å². The van der Waals surface area contributed by atoms with Crippen molar-refractivity contribution in [3.05, 3.63) is 37.1 Å². The zero-order valence-electron chi connectivity index (χ0n) is 13.5. The van der Waals surface area contributed by atoms with E-state index in [1.54, 1.807) is 12.2 Å². The fourth-order valence-electron chi connectivity index (χ4n) is 2.35. The van der Waals surface area contributed by atoms with Crippen LogP contribution in [0.5, 0.6) is 0 Å². The van der Waals surface area contributed by atoms with Crippen LogP contribution < -0.4 is 5.32 Å². The topological polar surface area (TPSA) is 76.4 Å². The predicted molar refractivity (Wildman–Crippen MR) is 89.1 cm³/mol. The molecular weight excluding hydrogens is 292 g/mol. The lowest BCUT2D eigenvalue weighted by Gasteiger charge is -2.18. The third-order valence-electron chi connectivity index (χ3n) is 3.50. The van der Waals surface area contributed by atoms with Crippen molar-refractivity contribution in [2.45, 2.75) is 19.3 Å². The number of nitrogens with zero attached hydrogens (tertiary/aromatic N) is 3. The maximum atomic E-state index is 12.2. The zero-order valence-corrected chi connectivity index (χ0v) is 13.5. The molecule has 0 atom stereocenters. The molecule has 2 amide bonds. The van der Waals surface area contributed by atoms with Crippen LogP contribution in [0.1, 0.15) is 19.3 Å². The Bertz CT molecular complexity index is 509. The Kier molecular flexibility index (Phi) is 8.22. The largest absolute Gasteiger partial charge is 0.390 e. The highest BCUT2D eigenvalue weighted by atomic mass is 16.2. The lowest BCUT2D eigenvalue weighted by atomic mass is 10.2. The minimum absolute atomic E-state index is 0.0472. The summed E-state index contributed by atoms with van der Waals surface area (Å²) in [6, 6.07) is 1.91. The van der Waals surface area contributed by atoms with Gasteiger partial charge >= 0.3 is 0 Å². The lowest BCUT2D eigenvalue weighted by molar-refractivity contribution is -0.127. The SMILES string of the molecule is C=CCN(CC=C)C(=O)/C(C#N)=C\NCCCN1CCCC1=O. The zero-order chi connectivity index (χ0) is 17.1. The molecule has 0 aromatic heterocycles. The van der Waals surface area contributed by atoms with Gasteiger partial charge in [0.1, 0.15) is 11.6 Å². The maximum Gasteiger partial charge on any atom is 0.266 e. The van der Waals surface area contributed by atoms with Crippen LogP contribution in [0.4, 0.5) is 0 Å². The Morgan fingerprint density at radius 2 is 2.09 bits per heavy atom. The highest BCUT2D eigenvalue weighted by molar-refractivity contribution is 5.97. The van der Waals surface area contributed by atoms with Crippen molar-refractivity contribution in [3.63, 3.8) is 0 Å². The van der Waals surface area contributed by atoms with Crippen LogP contribution in [0.3, 0.4) is 0 Å². The molecule has 1 N–H and O–H groups in total. The van der Waals surface area contributed by atoms with E-state index in [2.05, 4.69) is 18.5 Å². The van der Waals surface area contributed by atoms with Gasteiger partial charge in [-0.3, -0.25) is 9.59 Å². The molecule has 0 unspecified atom stereocenters. The van der Waals surface area contributed by atoms with Crippen LogP contribution in [-0.2, 0) is 9.59 Å². The average Bonchev–Trinajstić information content (AvgIpc) is 2.95. The van der Waals surface area contributed by atoms with Gasteiger partial charge in [-0.05, 0) is 12.8 Å². The Hall–Kier alpha value is -2.55. The molecule has 0 aliphatic carbocycles. The van der Waals surface area contributed by atoms with Crippen molar-refractivity contribution in [2.75, 3.05) is 32.7 Å². The van der Waals surface area contributed by atoms with Crippen molar-refractivity contribution < 1.29 is 9.59 Å². The molecule has 0 spiro atoms. The molecule has 1 aliphatic heterocycles. The van der Waals surface area contributed by atoms with E-state index >= 15 is 0 Å². The van der Waals surface area contributed by atoms with Crippen LogP contribution in [-0.4, -0.2) is 54.3 Å². The Morgan fingerprint density at radius 1 is 1.39 bits per heavy atom. The first-order chi connectivity index (χ1) is 11.1. The normalized spacial score (nSPS) is 14.3. The molecule has 23 heavy (non-hydrogen) atoms. The summed E-state index contributed by atoms with van der Waals surface area (Å²) in [4.78, 5) is 27.0. The van der Waals surface area contributed by atoms with Crippen LogP contribution in [0.15, 0.2) is 37.1 Å². The summed E-state index contributed by atoms with van der Waals surface area (Å²) >= 11 is 0. The Morgan fingerprint density at radius 3 is 2.61 bits per heavy atom. The number of carbonyl (C=O) groups is 2. The van der Waals surface area contributed by atoms with Gasteiger partial charge in [0.15, 0.2) is 0 Å². The van der Waals surface area contributed by atoms with E-state index in [9.17, 15) is 9.59 Å². The van der Waals surface area contributed by atoms with Crippen LogP contribution in [0.2, 0.25) is 0 Å². The molecule has 0 saturated carbocycles. The first-order valence-corrected chi connectivity index (χ1v) is 7.76. The number of nitrogens with one attached hydrogen (secondary N) is 1. The number of nitriles is 1. The summed E-state index contributed by atoms with van der Waals surface area (Å²) in [6.45, 7) is 10.1. The molecule has 1 aliphatic rings. The van der Waals surface area contributed by atoms with Crippen molar-refractivity contribution in [3.8, 4) is 6.07 Å². The summed E-state index contributed by atoms with van der Waals surface area (Å²) in [6.07, 6.45) is 7.00. The predicted octanol–water partition coefficient (Wildman–Crippen LogP) is 1.20. The quantitative estimate of drug-likeness (QED) is 0.284. The van der Waals surface area contributed by atoms with Crippen molar-refractivity contribution in [1.29, 1.82) is 5.26 Å².